The lowest BCUT2D eigenvalue weighted by molar-refractivity contribution is -0.153. The number of guanidine groups is 1. The molecular formula is C21H27F3IN3O3. The van der Waals surface area contributed by atoms with Crippen LogP contribution >= 0.6 is 24.0 Å². The summed E-state index contributed by atoms with van der Waals surface area (Å²) in [7, 11) is 4.68. The predicted octanol–water partition coefficient (Wildman–Crippen LogP) is 4.17. The molecule has 0 aliphatic heterocycles. The lowest BCUT2D eigenvalue weighted by atomic mass is 10.1. The largest absolute Gasteiger partial charge is 0.496 e. The maximum Gasteiger partial charge on any atom is 0.422 e. The monoisotopic (exact) mass is 553 g/mol. The van der Waals surface area contributed by atoms with Gasteiger partial charge >= 0.3 is 6.18 Å². The van der Waals surface area contributed by atoms with Gasteiger partial charge in [-0.15, -0.1) is 24.0 Å². The number of methoxy groups -OCH3 is 2. The van der Waals surface area contributed by atoms with Crippen molar-refractivity contribution < 1.29 is 27.4 Å². The highest BCUT2D eigenvalue weighted by Crippen LogP contribution is 2.29. The minimum Gasteiger partial charge on any atom is -0.496 e. The first-order chi connectivity index (χ1) is 14.4. The van der Waals surface area contributed by atoms with E-state index < -0.39 is 12.8 Å². The van der Waals surface area contributed by atoms with Gasteiger partial charge in [-0.2, -0.15) is 13.2 Å². The van der Waals surface area contributed by atoms with Crippen molar-refractivity contribution >= 4 is 29.9 Å². The normalized spacial score (nSPS) is 11.4. The number of halogens is 4. The van der Waals surface area contributed by atoms with Crippen molar-refractivity contribution in [3.8, 4) is 17.2 Å². The molecule has 0 spiro atoms. The average molecular weight is 553 g/mol. The highest BCUT2D eigenvalue weighted by Gasteiger charge is 2.29. The van der Waals surface area contributed by atoms with Gasteiger partial charge in [0.25, 0.3) is 0 Å². The van der Waals surface area contributed by atoms with Gasteiger partial charge in [0, 0.05) is 20.1 Å². The quantitative estimate of drug-likeness (QED) is 0.278. The molecule has 2 aromatic rings. The van der Waals surface area contributed by atoms with Gasteiger partial charge in [0.2, 0.25) is 0 Å². The van der Waals surface area contributed by atoms with Crippen LogP contribution in [0.2, 0.25) is 0 Å². The number of aliphatic imine (C=N–C) groups is 1. The fourth-order valence-corrected chi connectivity index (χ4v) is 2.73. The van der Waals surface area contributed by atoms with Gasteiger partial charge in [0.15, 0.2) is 24.1 Å². The topological polar surface area (TPSA) is 64.1 Å². The fourth-order valence-electron chi connectivity index (χ4n) is 2.73. The molecule has 10 heteroatoms. The number of hydrogen-bond donors (Lipinski definition) is 2. The molecular weight excluding hydrogens is 526 g/mol. The molecule has 0 aliphatic carbocycles. The minimum absolute atomic E-state index is 0. The molecule has 0 radical (unpaired) electrons. The van der Waals surface area contributed by atoms with Crippen LogP contribution < -0.4 is 24.8 Å². The second-order valence-electron chi connectivity index (χ2n) is 6.30. The number of rotatable bonds is 9. The van der Waals surface area contributed by atoms with Crippen LogP contribution in [0.1, 0.15) is 11.1 Å². The molecule has 0 heterocycles. The maximum atomic E-state index is 12.4. The maximum absolute atomic E-state index is 12.4. The minimum atomic E-state index is -4.41. The summed E-state index contributed by atoms with van der Waals surface area (Å²) >= 11 is 0. The molecule has 0 bridgehead atoms. The molecule has 2 N–H and O–H groups in total. The van der Waals surface area contributed by atoms with Crippen LogP contribution in [0.25, 0.3) is 0 Å². The second kappa shape index (κ2) is 13.1. The van der Waals surface area contributed by atoms with Gasteiger partial charge < -0.3 is 24.8 Å². The van der Waals surface area contributed by atoms with E-state index in [-0.39, 0.29) is 35.5 Å². The zero-order valence-corrected chi connectivity index (χ0v) is 19.9. The van der Waals surface area contributed by atoms with Crippen LogP contribution in [0.3, 0.4) is 0 Å². The third kappa shape index (κ3) is 9.11. The summed E-state index contributed by atoms with van der Waals surface area (Å²) in [6.45, 7) is -0.318. The van der Waals surface area contributed by atoms with E-state index in [4.69, 9.17) is 14.2 Å². The second-order valence-corrected chi connectivity index (χ2v) is 6.30. The number of para-hydroxylation sites is 1. The average Bonchev–Trinajstić information content (AvgIpc) is 2.74. The van der Waals surface area contributed by atoms with Crippen LogP contribution in [0.4, 0.5) is 13.2 Å². The standard InChI is InChI=1S/C21H26F3N3O3.HI/c1-25-20(26-11-10-16-6-4-5-7-17(16)28-2)27-13-15-8-9-18(19(12-15)29-3)30-14-21(22,23)24;/h4-9,12H,10-11,13-14H2,1-3H3,(H2,25,26,27);1H. The van der Waals surface area contributed by atoms with Crippen LogP contribution in [-0.2, 0) is 13.0 Å². The SMILES string of the molecule is CN=C(NCCc1ccccc1OC)NCc1ccc(OCC(F)(F)F)c(OC)c1.I. The van der Waals surface area contributed by atoms with Crippen molar-refractivity contribution in [1.29, 1.82) is 0 Å². The summed E-state index contributed by atoms with van der Waals surface area (Å²) < 4.78 is 52.3. The molecule has 6 nitrogen and oxygen atoms in total. The first kappa shape index (κ1) is 26.7. The summed E-state index contributed by atoms with van der Waals surface area (Å²) in [6, 6.07) is 12.6. The molecule has 0 unspecified atom stereocenters. The highest BCUT2D eigenvalue weighted by atomic mass is 127. The van der Waals surface area contributed by atoms with Gasteiger partial charge in [-0.25, -0.2) is 0 Å². The Balaban J connectivity index is 0.00000480. The lowest BCUT2D eigenvalue weighted by Gasteiger charge is -2.15. The molecule has 2 aromatic carbocycles. The van der Waals surface area contributed by atoms with Crippen molar-refractivity contribution in [2.24, 2.45) is 4.99 Å². The van der Waals surface area contributed by atoms with Crippen LogP contribution in [0.15, 0.2) is 47.5 Å². The van der Waals surface area contributed by atoms with Gasteiger partial charge in [-0.05, 0) is 35.7 Å². The molecule has 0 aromatic heterocycles. The highest BCUT2D eigenvalue weighted by molar-refractivity contribution is 14.0. The van der Waals surface area contributed by atoms with E-state index in [0.717, 1.165) is 23.3 Å². The molecule has 0 amide bonds. The van der Waals surface area contributed by atoms with E-state index in [0.29, 0.717) is 19.0 Å². The summed E-state index contributed by atoms with van der Waals surface area (Å²) in [5.74, 6) is 1.71. The Morgan fingerprint density at radius 3 is 2.32 bits per heavy atom. The van der Waals surface area contributed by atoms with E-state index >= 15 is 0 Å². The summed E-state index contributed by atoms with van der Waals surface area (Å²) in [6.07, 6.45) is -3.66. The molecule has 0 fully saturated rings. The van der Waals surface area contributed by atoms with E-state index in [2.05, 4.69) is 15.6 Å². The Morgan fingerprint density at radius 2 is 1.68 bits per heavy atom. The van der Waals surface area contributed by atoms with E-state index in [1.807, 2.05) is 24.3 Å². The van der Waals surface area contributed by atoms with Crippen molar-refractivity contribution in [2.45, 2.75) is 19.1 Å². The summed E-state index contributed by atoms with van der Waals surface area (Å²) in [4.78, 5) is 4.18. The van der Waals surface area contributed by atoms with E-state index in [9.17, 15) is 13.2 Å². The zero-order chi connectivity index (χ0) is 22.0. The smallest absolute Gasteiger partial charge is 0.422 e. The summed E-state index contributed by atoms with van der Waals surface area (Å²) in [5.41, 5.74) is 1.89. The predicted molar refractivity (Wildman–Crippen MR) is 125 cm³/mol. The van der Waals surface area contributed by atoms with E-state index in [1.54, 1.807) is 26.3 Å². The zero-order valence-electron chi connectivity index (χ0n) is 17.6. The third-order valence-corrected chi connectivity index (χ3v) is 4.18. The number of alkyl halides is 3. The Kier molecular flexibility index (Phi) is 11.3. The van der Waals surface area contributed by atoms with Gasteiger partial charge in [0.1, 0.15) is 5.75 Å². The van der Waals surface area contributed by atoms with Crippen LogP contribution in [0, 0.1) is 0 Å². The third-order valence-electron chi connectivity index (χ3n) is 4.18. The van der Waals surface area contributed by atoms with E-state index in [1.165, 1.54) is 13.2 Å². The van der Waals surface area contributed by atoms with Crippen LogP contribution in [-0.4, -0.2) is 46.6 Å². The number of ether oxygens (including phenoxy) is 3. The van der Waals surface area contributed by atoms with Crippen molar-refractivity contribution in [2.75, 3.05) is 34.4 Å². The van der Waals surface area contributed by atoms with Gasteiger partial charge in [-0.1, -0.05) is 24.3 Å². The van der Waals surface area contributed by atoms with Crippen molar-refractivity contribution in [1.82, 2.24) is 10.6 Å². The molecule has 0 saturated heterocycles. The molecule has 0 saturated carbocycles. The number of hydrogen-bond acceptors (Lipinski definition) is 4. The van der Waals surface area contributed by atoms with Crippen LogP contribution in [0.5, 0.6) is 17.2 Å². The number of nitrogens with zero attached hydrogens (tertiary/aromatic N) is 1. The molecule has 0 aliphatic rings. The lowest BCUT2D eigenvalue weighted by Crippen LogP contribution is -2.37. The Morgan fingerprint density at radius 1 is 0.968 bits per heavy atom. The first-order valence-corrected chi connectivity index (χ1v) is 9.29. The van der Waals surface area contributed by atoms with Gasteiger partial charge in [-0.3, -0.25) is 4.99 Å². The summed E-state index contributed by atoms with van der Waals surface area (Å²) in [5, 5.41) is 6.38. The Hall–Kier alpha value is -2.37. The Bertz CT molecular complexity index is 848. The molecule has 0 atom stereocenters. The molecule has 31 heavy (non-hydrogen) atoms. The fraction of sp³-hybridized carbons (Fsp3) is 0.381. The van der Waals surface area contributed by atoms with Crippen molar-refractivity contribution in [3.05, 3.63) is 53.6 Å². The number of benzene rings is 2. The van der Waals surface area contributed by atoms with Gasteiger partial charge in [0.05, 0.1) is 14.2 Å². The molecule has 2 rings (SSSR count). The Labute approximate surface area is 197 Å². The molecule has 172 valence electrons. The van der Waals surface area contributed by atoms with Crippen molar-refractivity contribution in [3.63, 3.8) is 0 Å². The number of nitrogens with one attached hydrogen (secondary N) is 2. The first-order valence-electron chi connectivity index (χ1n) is 9.29.